The molecule has 0 unspecified atom stereocenters. The van der Waals surface area contributed by atoms with Crippen molar-refractivity contribution in [2.45, 2.75) is 11.3 Å². The van der Waals surface area contributed by atoms with E-state index in [-0.39, 0.29) is 23.3 Å². The van der Waals surface area contributed by atoms with Crippen molar-refractivity contribution < 1.29 is 27.4 Å². The van der Waals surface area contributed by atoms with E-state index in [1.54, 1.807) is 6.07 Å². The maximum Gasteiger partial charge on any atom is 0.243 e. The number of benzene rings is 2. The molecular weight excluding hydrogens is 408 g/mol. The van der Waals surface area contributed by atoms with Crippen molar-refractivity contribution in [1.29, 1.82) is 0 Å². The number of fused-ring (bicyclic) bond motifs is 1. The number of sulfonamides is 1. The number of carbonyl (C=O) groups excluding carboxylic acids is 1. The summed E-state index contributed by atoms with van der Waals surface area (Å²) in [5, 5.41) is 2.83. The number of methoxy groups -OCH3 is 1. The molecule has 0 spiro atoms. The largest absolute Gasteiger partial charge is 0.495 e. The van der Waals surface area contributed by atoms with Crippen molar-refractivity contribution in [3.8, 4) is 11.5 Å². The first kappa shape index (κ1) is 20.6. The number of anilines is 1. The third-order valence-electron chi connectivity index (χ3n) is 5.29. The van der Waals surface area contributed by atoms with Crippen LogP contribution in [0.15, 0.2) is 47.4 Å². The third kappa shape index (κ3) is 4.14. The van der Waals surface area contributed by atoms with Crippen LogP contribution in [0.1, 0.15) is 5.56 Å². The summed E-state index contributed by atoms with van der Waals surface area (Å²) in [6, 6.07) is 12.1. The van der Waals surface area contributed by atoms with Gasteiger partial charge in [-0.05, 0) is 36.2 Å². The van der Waals surface area contributed by atoms with E-state index in [1.807, 2.05) is 24.3 Å². The average Bonchev–Trinajstić information content (AvgIpc) is 2.79. The van der Waals surface area contributed by atoms with Crippen molar-refractivity contribution >= 4 is 21.6 Å². The Labute approximate surface area is 175 Å². The molecule has 4 rings (SSSR count). The molecule has 0 radical (unpaired) electrons. The zero-order chi connectivity index (χ0) is 21.1. The van der Waals surface area contributed by atoms with Gasteiger partial charge in [0.1, 0.15) is 18.1 Å². The fourth-order valence-electron chi connectivity index (χ4n) is 3.61. The minimum absolute atomic E-state index is 0.103. The topological polar surface area (TPSA) is 94.2 Å². The molecule has 0 saturated carbocycles. The van der Waals surface area contributed by atoms with Gasteiger partial charge in [0.2, 0.25) is 15.9 Å². The number of morpholine rings is 1. The van der Waals surface area contributed by atoms with Crippen molar-refractivity contribution in [1.82, 2.24) is 4.31 Å². The molecule has 8 nitrogen and oxygen atoms in total. The summed E-state index contributed by atoms with van der Waals surface area (Å²) >= 11 is 0. The number of nitrogens with zero attached hydrogens (tertiary/aromatic N) is 1. The van der Waals surface area contributed by atoms with E-state index in [9.17, 15) is 13.2 Å². The molecule has 2 aromatic rings. The molecule has 160 valence electrons. The lowest BCUT2D eigenvalue weighted by Gasteiger charge is -2.27. The molecule has 0 bridgehead atoms. The molecule has 1 atom stereocenters. The van der Waals surface area contributed by atoms with E-state index in [2.05, 4.69) is 5.32 Å². The van der Waals surface area contributed by atoms with Crippen LogP contribution in [0.3, 0.4) is 0 Å². The number of carbonyl (C=O) groups is 1. The first-order valence-electron chi connectivity index (χ1n) is 9.76. The highest BCUT2D eigenvalue weighted by molar-refractivity contribution is 7.89. The first-order chi connectivity index (χ1) is 14.5. The van der Waals surface area contributed by atoms with Crippen LogP contribution in [0, 0.1) is 5.92 Å². The lowest BCUT2D eigenvalue weighted by molar-refractivity contribution is -0.121. The van der Waals surface area contributed by atoms with Crippen molar-refractivity contribution in [2.75, 3.05) is 45.3 Å². The second-order valence-electron chi connectivity index (χ2n) is 7.19. The van der Waals surface area contributed by atoms with Crippen LogP contribution < -0.4 is 14.8 Å². The van der Waals surface area contributed by atoms with Gasteiger partial charge in [0.25, 0.3) is 0 Å². The van der Waals surface area contributed by atoms with Gasteiger partial charge in [-0.25, -0.2) is 8.42 Å². The predicted molar refractivity (Wildman–Crippen MR) is 110 cm³/mol. The van der Waals surface area contributed by atoms with E-state index in [1.165, 1.54) is 23.5 Å². The molecule has 2 aliphatic heterocycles. The minimum Gasteiger partial charge on any atom is -0.495 e. The predicted octanol–water partition coefficient (Wildman–Crippen LogP) is 1.91. The fraction of sp³-hybridized carbons (Fsp3) is 0.381. The van der Waals surface area contributed by atoms with Crippen LogP contribution in [0.5, 0.6) is 11.5 Å². The number of ether oxygens (including phenoxy) is 3. The van der Waals surface area contributed by atoms with Crippen LogP contribution in [0.4, 0.5) is 5.69 Å². The number of para-hydroxylation sites is 1. The van der Waals surface area contributed by atoms with E-state index >= 15 is 0 Å². The summed E-state index contributed by atoms with van der Waals surface area (Å²) in [7, 11) is -2.22. The first-order valence-corrected chi connectivity index (χ1v) is 11.2. The van der Waals surface area contributed by atoms with Gasteiger partial charge >= 0.3 is 0 Å². The molecule has 0 aliphatic carbocycles. The van der Waals surface area contributed by atoms with E-state index in [4.69, 9.17) is 14.2 Å². The van der Waals surface area contributed by atoms with Crippen molar-refractivity contribution in [3.05, 3.63) is 48.0 Å². The quantitative estimate of drug-likeness (QED) is 0.776. The van der Waals surface area contributed by atoms with E-state index in [0.717, 1.165) is 11.3 Å². The van der Waals surface area contributed by atoms with Crippen LogP contribution in [-0.4, -0.2) is 58.7 Å². The SMILES string of the molecule is COc1ccc(S(=O)(=O)N2CCOCC2)cc1NC(=O)[C@@H]1COc2ccccc2C1. The van der Waals surface area contributed by atoms with Gasteiger partial charge in [-0.1, -0.05) is 18.2 Å². The molecule has 9 heteroatoms. The van der Waals surface area contributed by atoms with Crippen molar-refractivity contribution in [2.24, 2.45) is 5.92 Å². The highest BCUT2D eigenvalue weighted by Crippen LogP contribution is 2.31. The summed E-state index contributed by atoms with van der Waals surface area (Å²) in [6.07, 6.45) is 0.552. The molecule has 1 N–H and O–H groups in total. The fourth-order valence-corrected chi connectivity index (χ4v) is 5.05. The summed E-state index contributed by atoms with van der Waals surface area (Å²) in [5.74, 6) is 0.548. The lowest BCUT2D eigenvalue weighted by atomic mass is 9.96. The second kappa shape index (κ2) is 8.63. The summed E-state index contributed by atoms with van der Waals surface area (Å²) in [6.45, 7) is 1.59. The summed E-state index contributed by atoms with van der Waals surface area (Å²) < 4.78 is 43.6. The number of amides is 1. The highest BCUT2D eigenvalue weighted by atomic mass is 32.2. The van der Waals surface area contributed by atoms with Crippen molar-refractivity contribution in [3.63, 3.8) is 0 Å². The van der Waals surface area contributed by atoms with Crippen LogP contribution in [0.2, 0.25) is 0 Å². The van der Waals surface area contributed by atoms with Crippen LogP contribution >= 0.6 is 0 Å². The molecule has 1 fully saturated rings. The maximum absolute atomic E-state index is 13.0. The Morgan fingerprint density at radius 3 is 2.70 bits per heavy atom. The molecule has 2 aliphatic rings. The maximum atomic E-state index is 13.0. The molecular formula is C21H24N2O6S. The Balaban J connectivity index is 1.55. The van der Waals surface area contributed by atoms with Gasteiger partial charge in [0.05, 0.1) is 36.8 Å². The van der Waals surface area contributed by atoms with Crippen LogP contribution in [0.25, 0.3) is 0 Å². The number of hydrogen-bond acceptors (Lipinski definition) is 6. The Kier molecular flexibility index (Phi) is 5.94. The number of hydrogen-bond donors (Lipinski definition) is 1. The zero-order valence-electron chi connectivity index (χ0n) is 16.7. The van der Waals surface area contributed by atoms with Gasteiger partial charge < -0.3 is 19.5 Å². The van der Waals surface area contributed by atoms with Crippen LogP contribution in [-0.2, 0) is 26.0 Å². The van der Waals surface area contributed by atoms with Gasteiger partial charge in [-0.15, -0.1) is 0 Å². The molecule has 1 saturated heterocycles. The van der Waals surface area contributed by atoms with Gasteiger partial charge in [-0.2, -0.15) is 4.31 Å². The minimum atomic E-state index is -3.69. The standard InChI is InChI=1S/C21H24N2O6S/c1-27-20-7-6-17(30(25,26)23-8-10-28-11-9-23)13-18(20)22-21(24)16-12-15-4-2-3-5-19(15)29-14-16/h2-7,13,16H,8-12,14H2,1H3,(H,22,24)/t16-/m0/s1. The second-order valence-corrected chi connectivity index (χ2v) is 9.13. The normalized spacial score (nSPS) is 19.4. The molecule has 2 heterocycles. The van der Waals surface area contributed by atoms with Gasteiger partial charge in [0.15, 0.2) is 0 Å². The van der Waals surface area contributed by atoms with E-state index in [0.29, 0.717) is 44.2 Å². The van der Waals surface area contributed by atoms with Gasteiger partial charge in [-0.3, -0.25) is 4.79 Å². The Morgan fingerprint density at radius 2 is 1.93 bits per heavy atom. The Hall–Kier alpha value is -2.62. The highest BCUT2D eigenvalue weighted by Gasteiger charge is 2.29. The van der Waals surface area contributed by atoms with Gasteiger partial charge in [0, 0.05) is 13.1 Å². The Morgan fingerprint density at radius 1 is 1.17 bits per heavy atom. The lowest BCUT2D eigenvalue weighted by Crippen LogP contribution is -2.40. The smallest absolute Gasteiger partial charge is 0.243 e. The molecule has 0 aromatic heterocycles. The average molecular weight is 432 g/mol. The molecule has 30 heavy (non-hydrogen) atoms. The van der Waals surface area contributed by atoms with E-state index < -0.39 is 10.0 Å². The summed E-state index contributed by atoms with van der Waals surface area (Å²) in [5.41, 5.74) is 1.29. The number of rotatable bonds is 5. The monoisotopic (exact) mass is 432 g/mol. The summed E-state index contributed by atoms with van der Waals surface area (Å²) in [4.78, 5) is 13.0. The molecule has 2 aromatic carbocycles. The zero-order valence-corrected chi connectivity index (χ0v) is 17.5. The number of nitrogens with one attached hydrogen (secondary N) is 1. The molecule has 1 amide bonds. The Bertz CT molecular complexity index is 1030. The third-order valence-corrected chi connectivity index (χ3v) is 7.18.